The van der Waals surface area contributed by atoms with E-state index in [9.17, 15) is 8.42 Å². The van der Waals surface area contributed by atoms with E-state index in [0.717, 1.165) is 5.56 Å². The van der Waals surface area contributed by atoms with E-state index in [1.165, 1.54) is 18.2 Å². The zero-order chi connectivity index (χ0) is 14.9. The second kappa shape index (κ2) is 5.63. The van der Waals surface area contributed by atoms with Gasteiger partial charge < -0.3 is 5.73 Å². The molecule has 7 heteroatoms. The minimum Gasteiger partial charge on any atom is -0.397 e. The number of nitrogens with two attached hydrogens (primary N) is 1. The largest absolute Gasteiger partial charge is 0.397 e. The number of anilines is 2. The molecule has 20 heavy (non-hydrogen) atoms. The van der Waals surface area contributed by atoms with Crippen LogP contribution in [0.2, 0.25) is 5.02 Å². The predicted molar refractivity (Wildman–Crippen MR) is 85.6 cm³/mol. The van der Waals surface area contributed by atoms with Gasteiger partial charge in [0, 0.05) is 4.47 Å². The van der Waals surface area contributed by atoms with E-state index in [-0.39, 0.29) is 4.90 Å². The van der Waals surface area contributed by atoms with Crippen molar-refractivity contribution in [2.45, 2.75) is 11.8 Å². The fourth-order valence-electron chi connectivity index (χ4n) is 1.67. The van der Waals surface area contributed by atoms with Gasteiger partial charge in [-0.3, -0.25) is 4.72 Å². The number of sulfonamides is 1. The van der Waals surface area contributed by atoms with E-state index >= 15 is 0 Å². The third-order valence-corrected chi connectivity index (χ3v) is 5.30. The second-order valence-corrected chi connectivity index (χ2v) is 7.16. The number of hydrogen-bond acceptors (Lipinski definition) is 3. The van der Waals surface area contributed by atoms with Crippen molar-refractivity contribution >= 4 is 48.9 Å². The van der Waals surface area contributed by atoms with Crippen molar-refractivity contribution in [3.63, 3.8) is 0 Å². The molecule has 2 rings (SSSR count). The number of aryl methyl sites for hydroxylation is 1. The third kappa shape index (κ3) is 3.08. The summed E-state index contributed by atoms with van der Waals surface area (Å²) in [5.41, 5.74) is 7.32. The van der Waals surface area contributed by atoms with E-state index in [4.69, 9.17) is 17.3 Å². The Morgan fingerprint density at radius 3 is 2.55 bits per heavy atom. The van der Waals surface area contributed by atoms with E-state index in [0.29, 0.717) is 20.9 Å². The molecule has 0 aliphatic heterocycles. The first-order valence-electron chi connectivity index (χ1n) is 5.64. The van der Waals surface area contributed by atoms with Crippen molar-refractivity contribution in [2.75, 3.05) is 10.5 Å². The Bertz CT molecular complexity index is 743. The molecule has 0 amide bonds. The van der Waals surface area contributed by atoms with Crippen molar-refractivity contribution in [3.05, 3.63) is 51.5 Å². The SMILES string of the molecule is Cc1cccc(N)c1NS(=O)(=O)c1ccc(Cl)c(Br)c1. The quantitative estimate of drug-likeness (QED) is 0.802. The highest BCUT2D eigenvalue weighted by Crippen LogP contribution is 2.29. The molecule has 0 radical (unpaired) electrons. The molecule has 0 unspecified atom stereocenters. The molecule has 0 spiro atoms. The van der Waals surface area contributed by atoms with Crippen LogP contribution in [0, 0.1) is 6.92 Å². The number of para-hydroxylation sites is 1. The minimum atomic E-state index is -3.72. The van der Waals surface area contributed by atoms with Gasteiger partial charge in [0.1, 0.15) is 0 Å². The van der Waals surface area contributed by atoms with Crippen molar-refractivity contribution in [2.24, 2.45) is 0 Å². The van der Waals surface area contributed by atoms with Gasteiger partial charge in [0.05, 0.1) is 21.3 Å². The summed E-state index contributed by atoms with van der Waals surface area (Å²) in [5, 5.41) is 0.444. The molecule has 0 atom stereocenters. The summed E-state index contributed by atoms with van der Waals surface area (Å²) in [4.78, 5) is 0.108. The lowest BCUT2D eigenvalue weighted by Gasteiger charge is -2.13. The number of halogens is 2. The standard InChI is InChI=1S/C13H12BrClN2O2S/c1-8-3-2-4-12(16)13(8)17-20(18,19)9-5-6-11(15)10(14)7-9/h2-7,17H,16H2,1H3. The number of nitrogens with one attached hydrogen (secondary N) is 1. The highest BCUT2D eigenvalue weighted by molar-refractivity contribution is 9.10. The number of nitrogen functional groups attached to an aromatic ring is 1. The van der Waals surface area contributed by atoms with Crippen LogP contribution in [0.5, 0.6) is 0 Å². The summed E-state index contributed by atoms with van der Waals surface area (Å²) in [7, 11) is -3.72. The minimum absolute atomic E-state index is 0.108. The Morgan fingerprint density at radius 1 is 1.25 bits per heavy atom. The van der Waals surface area contributed by atoms with Crippen LogP contribution in [0.4, 0.5) is 11.4 Å². The fraction of sp³-hybridized carbons (Fsp3) is 0.0769. The van der Waals surface area contributed by atoms with Gasteiger partial charge in [0.2, 0.25) is 0 Å². The highest BCUT2D eigenvalue weighted by atomic mass is 79.9. The van der Waals surface area contributed by atoms with E-state index in [1.807, 2.05) is 0 Å². The normalized spacial score (nSPS) is 11.3. The van der Waals surface area contributed by atoms with E-state index in [1.54, 1.807) is 25.1 Å². The third-order valence-electron chi connectivity index (χ3n) is 2.74. The Balaban J connectivity index is 2.43. The van der Waals surface area contributed by atoms with Gasteiger partial charge in [0.15, 0.2) is 0 Å². The monoisotopic (exact) mass is 374 g/mol. The molecule has 0 saturated carbocycles. The average molecular weight is 376 g/mol. The predicted octanol–water partition coefficient (Wildman–Crippen LogP) is 3.79. The van der Waals surface area contributed by atoms with Crippen LogP contribution in [-0.2, 0) is 10.0 Å². The maximum absolute atomic E-state index is 12.3. The maximum atomic E-state index is 12.3. The average Bonchev–Trinajstić information content (AvgIpc) is 2.37. The van der Waals surface area contributed by atoms with Gasteiger partial charge >= 0.3 is 0 Å². The summed E-state index contributed by atoms with van der Waals surface area (Å²) in [5.74, 6) is 0. The van der Waals surface area contributed by atoms with Crippen molar-refractivity contribution < 1.29 is 8.42 Å². The molecular weight excluding hydrogens is 364 g/mol. The van der Waals surface area contributed by atoms with Crippen molar-refractivity contribution in [3.8, 4) is 0 Å². The Labute approximate surface area is 131 Å². The van der Waals surface area contributed by atoms with Crippen LogP contribution >= 0.6 is 27.5 Å². The molecule has 0 heterocycles. The Morgan fingerprint density at radius 2 is 1.95 bits per heavy atom. The first-order valence-corrected chi connectivity index (χ1v) is 8.29. The molecule has 0 aliphatic rings. The zero-order valence-electron chi connectivity index (χ0n) is 10.5. The van der Waals surface area contributed by atoms with Crippen LogP contribution in [0.1, 0.15) is 5.56 Å². The summed E-state index contributed by atoms with van der Waals surface area (Å²) in [6.45, 7) is 1.78. The molecule has 0 fully saturated rings. The molecule has 0 aromatic heterocycles. The summed E-state index contributed by atoms with van der Waals surface area (Å²) in [6, 6.07) is 9.58. The highest BCUT2D eigenvalue weighted by Gasteiger charge is 2.17. The summed E-state index contributed by atoms with van der Waals surface area (Å²) < 4.78 is 27.7. The second-order valence-electron chi connectivity index (χ2n) is 4.22. The van der Waals surface area contributed by atoms with Crippen LogP contribution in [0.15, 0.2) is 45.8 Å². The van der Waals surface area contributed by atoms with Gasteiger partial charge in [0.25, 0.3) is 10.0 Å². The van der Waals surface area contributed by atoms with Gasteiger partial charge in [-0.05, 0) is 52.7 Å². The number of hydrogen-bond donors (Lipinski definition) is 2. The van der Waals surface area contributed by atoms with Crippen molar-refractivity contribution in [1.82, 2.24) is 0 Å². The van der Waals surface area contributed by atoms with Gasteiger partial charge in [-0.25, -0.2) is 8.42 Å². The summed E-state index contributed by atoms with van der Waals surface area (Å²) >= 11 is 9.06. The molecule has 2 aromatic rings. The first kappa shape index (κ1) is 15.2. The topological polar surface area (TPSA) is 72.2 Å². The molecule has 2 aromatic carbocycles. The zero-order valence-corrected chi connectivity index (χ0v) is 13.7. The first-order chi connectivity index (χ1) is 9.31. The lowest BCUT2D eigenvalue weighted by molar-refractivity contribution is 0.601. The van der Waals surface area contributed by atoms with Gasteiger partial charge in [-0.2, -0.15) is 0 Å². The molecule has 4 nitrogen and oxygen atoms in total. The van der Waals surface area contributed by atoms with Crippen molar-refractivity contribution in [1.29, 1.82) is 0 Å². The van der Waals surface area contributed by atoms with Gasteiger partial charge in [-0.1, -0.05) is 23.7 Å². The maximum Gasteiger partial charge on any atom is 0.262 e. The molecule has 3 N–H and O–H groups in total. The van der Waals surface area contributed by atoms with E-state index < -0.39 is 10.0 Å². The smallest absolute Gasteiger partial charge is 0.262 e. The van der Waals surface area contributed by atoms with Crippen LogP contribution < -0.4 is 10.5 Å². The Kier molecular flexibility index (Phi) is 4.27. The van der Waals surface area contributed by atoms with Crippen LogP contribution in [-0.4, -0.2) is 8.42 Å². The van der Waals surface area contributed by atoms with Crippen LogP contribution in [0.3, 0.4) is 0 Å². The van der Waals surface area contributed by atoms with Gasteiger partial charge in [-0.15, -0.1) is 0 Å². The molecule has 0 bridgehead atoms. The molecular formula is C13H12BrClN2O2S. The van der Waals surface area contributed by atoms with E-state index in [2.05, 4.69) is 20.7 Å². The molecule has 0 saturated heterocycles. The molecule has 106 valence electrons. The Hall–Kier alpha value is -1.24. The fourth-order valence-corrected chi connectivity index (χ4v) is 3.50. The lowest BCUT2D eigenvalue weighted by Crippen LogP contribution is -2.15. The number of rotatable bonds is 3. The van der Waals surface area contributed by atoms with Crippen LogP contribution in [0.25, 0.3) is 0 Å². The number of benzene rings is 2. The summed E-state index contributed by atoms with van der Waals surface area (Å²) in [6.07, 6.45) is 0. The molecule has 0 aliphatic carbocycles. The lowest BCUT2D eigenvalue weighted by atomic mass is 10.2.